The molecule has 1 aromatic heterocycles. The van der Waals surface area contributed by atoms with Crippen LogP contribution in [0.3, 0.4) is 0 Å². The normalized spacial score (nSPS) is 10.7. The Labute approximate surface area is 139 Å². The summed E-state index contributed by atoms with van der Waals surface area (Å²) in [6.07, 6.45) is 4.48. The van der Waals surface area contributed by atoms with Crippen LogP contribution in [0, 0.1) is 0 Å². The molecule has 3 aromatic rings. The molecule has 1 heterocycles. The Balaban J connectivity index is 1.78. The van der Waals surface area contributed by atoms with Crippen molar-refractivity contribution in [3.63, 3.8) is 0 Å². The molecule has 0 spiro atoms. The number of para-hydroxylation sites is 1. The molecule has 0 bridgehead atoms. The van der Waals surface area contributed by atoms with Gasteiger partial charge in [-0.3, -0.25) is 4.79 Å². The number of esters is 1. The summed E-state index contributed by atoms with van der Waals surface area (Å²) in [6, 6.07) is 19.1. The van der Waals surface area contributed by atoms with Crippen LogP contribution in [0.1, 0.15) is 26.5 Å². The van der Waals surface area contributed by atoms with Crippen molar-refractivity contribution in [2.75, 3.05) is 0 Å². The van der Waals surface area contributed by atoms with Crippen LogP contribution in [0.15, 0.2) is 83.5 Å². The lowest BCUT2D eigenvalue weighted by Gasteiger charge is -2.05. The predicted octanol–water partition coefficient (Wildman–Crippen LogP) is 4.39. The Bertz CT molecular complexity index is 862. The Morgan fingerprint density at radius 3 is 2.38 bits per heavy atom. The van der Waals surface area contributed by atoms with Gasteiger partial charge in [0, 0.05) is 11.1 Å². The molecule has 0 saturated carbocycles. The highest BCUT2D eigenvalue weighted by Crippen LogP contribution is 2.21. The first-order valence-electron chi connectivity index (χ1n) is 7.36. The Morgan fingerprint density at radius 1 is 0.875 bits per heavy atom. The number of rotatable bonds is 5. The van der Waals surface area contributed by atoms with Crippen LogP contribution in [0.2, 0.25) is 0 Å². The van der Waals surface area contributed by atoms with Crippen molar-refractivity contribution in [1.29, 1.82) is 0 Å². The highest BCUT2D eigenvalue weighted by atomic mass is 16.5. The summed E-state index contributed by atoms with van der Waals surface area (Å²) in [6.45, 7) is 0. The van der Waals surface area contributed by atoms with E-state index in [-0.39, 0.29) is 11.5 Å². The van der Waals surface area contributed by atoms with E-state index in [0.29, 0.717) is 16.9 Å². The van der Waals surface area contributed by atoms with Gasteiger partial charge in [0.25, 0.3) is 0 Å². The number of carbonyl (C=O) groups is 2. The van der Waals surface area contributed by atoms with E-state index in [1.165, 1.54) is 18.4 Å². The minimum atomic E-state index is -0.588. The first-order chi connectivity index (χ1) is 11.7. The van der Waals surface area contributed by atoms with Gasteiger partial charge in [-0.05, 0) is 30.4 Å². The van der Waals surface area contributed by atoms with Crippen LogP contribution in [0.25, 0.3) is 6.08 Å². The van der Waals surface area contributed by atoms with Crippen LogP contribution in [0.4, 0.5) is 0 Å². The second-order valence-electron chi connectivity index (χ2n) is 4.97. The lowest BCUT2D eigenvalue weighted by molar-refractivity contribution is 0.0701. The molecule has 0 aliphatic rings. The van der Waals surface area contributed by atoms with Gasteiger partial charge >= 0.3 is 5.97 Å². The van der Waals surface area contributed by atoms with Gasteiger partial charge in [-0.25, -0.2) is 4.79 Å². The zero-order valence-electron chi connectivity index (χ0n) is 12.7. The molecule has 0 N–H and O–H groups in total. The second kappa shape index (κ2) is 7.24. The third-order valence-corrected chi connectivity index (χ3v) is 3.32. The average molecular weight is 318 g/mol. The Hall–Kier alpha value is -3.40. The summed E-state index contributed by atoms with van der Waals surface area (Å²) < 4.78 is 10.3. The lowest BCUT2D eigenvalue weighted by Crippen LogP contribution is -2.08. The number of carbonyl (C=O) groups excluding carboxylic acids is 2. The topological polar surface area (TPSA) is 56.5 Å². The van der Waals surface area contributed by atoms with E-state index < -0.39 is 5.97 Å². The summed E-state index contributed by atoms with van der Waals surface area (Å²) in [5, 5.41) is 0. The van der Waals surface area contributed by atoms with Gasteiger partial charge in [0.2, 0.25) is 5.76 Å². The second-order valence-corrected chi connectivity index (χ2v) is 4.97. The molecule has 0 atom stereocenters. The van der Waals surface area contributed by atoms with Crippen LogP contribution < -0.4 is 4.74 Å². The quantitative estimate of drug-likeness (QED) is 0.303. The third kappa shape index (κ3) is 3.67. The highest BCUT2D eigenvalue weighted by Gasteiger charge is 2.13. The molecule has 4 nitrogen and oxygen atoms in total. The molecule has 3 rings (SSSR count). The first-order valence-corrected chi connectivity index (χ1v) is 7.36. The minimum Gasteiger partial charge on any atom is -0.457 e. The molecule has 0 aliphatic carbocycles. The lowest BCUT2D eigenvalue weighted by atomic mass is 10.1. The van der Waals surface area contributed by atoms with Crippen molar-refractivity contribution in [2.24, 2.45) is 0 Å². The summed E-state index contributed by atoms with van der Waals surface area (Å²) in [4.78, 5) is 24.1. The molecular formula is C20H14O4. The van der Waals surface area contributed by atoms with Crippen molar-refractivity contribution in [3.8, 4) is 5.75 Å². The number of allylic oxidation sites excluding steroid dienone is 1. The number of benzene rings is 2. The van der Waals surface area contributed by atoms with Crippen molar-refractivity contribution < 1.29 is 18.7 Å². The fourth-order valence-corrected chi connectivity index (χ4v) is 2.12. The maximum Gasteiger partial charge on any atom is 0.379 e. The number of hydrogen-bond donors (Lipinski definition) is 0. The van der Waals surface area contributed by atoms with Crippen LogP contribution in [0.5, 0.6) is 5.75 Å². The maximum absolute atomic E-state index is 12.1. The fourth-order valence-electron chi connectivity index (χ4n) is 2.12. The van der Waals surface area contributed by atoms with Crippen molar-refractivity contribution in [3.05, 3.63) is 96.0 Å². The SMILES string of the molecule is O=C(C=Cc1ccccc1OC(=O)c1ccco1)c1ccccc1. The summed E-state index contributed by atoms with van der Waals surface area (Å²) >= 11 is 0. The highest BCUT2D eigenvalue weighted by molar-refractivity contribution is 6.07. The van der Waals surface area contributed by atoms with E-state index in [0.717, 1.165) is 0 Å². The fraction of sp³-hybridized carbons (Fsp3) is 0. The number of ketones is 1. The number of ether oxygens (including phenoxy) is 1. The molecule has 0 amide bonds. The predicted molar refractivity (Wildman–Crippen MR) is 89.9 cm³/mol. The van der Waals surface area contributed by atoms with Crippen molar-refractivity contribution >= 4 is 17.8 Å². The number of furan rings is 1. The van der Waals surface area contributed by atoms with Crippen LogP contribution in [-0.2, 0) is 0 Å². The molecule has 0 unspecified atom stereocenters. The van der Waals surface area contributed by atoms with Gasteiger partial charge in [0.15, 0.2) is 5.78 Å². The zero-order valence-corrected chi connectivity index (χ0v) is 12.7. The van der Waals surface area contributed by atoms with E-state index >= 15 is 0 Å². The van der Waals surface area contributed by atoms with E-state index in [2.05, 4.69) is 0 Å². The third-order valence-electron chi connectivity index (χ3n) is 3.32. The molecule has 118 valence electrons. The molecule has 0 radical (unpaired) electrons. The van der Waals surface area contributed by atoms with E-state index in [1.807, 2.05) is 6.07 Å². The van der Waals surface area contributed by atoms with Gasteiger partial charge in [-0.1, -0.05) is 48.5 Å². The molecule has 4 heteroatoms. The van der Waals surface area contributed by atoms with Crippen molar-refractivity contribution in [2.45, 2.75) is 0 Å². The summed E-state index contributed by atoms with van der Waals surface area (Å²) in [5.74, 6) is -0.233. The Morgan fingerprint density at radius 2 is 1.62 bits per heavy atom. The van der Waals surface area contributed by atoms with Gasteiger partial charge in [0.1, 0.15) is 5.75 Å². The molecule has 0 saturated heterocycles. The smallest absolute Gasteiger partial charge is 0.379 e. The largest absolute Gasteiger partial charge is 0.457 e. The van der Waals surface area contributed by atoms with Gasteiger partial charge in [-0.2, -0.15) is 0 Å². The molecule has 0 aliphatic heterocycles. The van der Waals surface area contributed by atoms with Crippen LogP contribution >= 0.6 is 0 Å². The van der Waals surface area contributed by atoms with E-state index in [1.54, 1.807) is 60.7 Å². The summed E-state index contributed by atoms with van der Waals surface area (Å²) in [5.41, 5.74) is 1.22. The molecule has 2 aromatic carbocycles. The molecular weight excluding hydrogens is 304 g/mol. The van der Waals surface area contributed by atoms with E-state index in [4.69, 9.17) is 9.15 Å². The Kier molecular flexibility index (Phi) is 4.68. The summed E-state index contributed by atoms with van der Waals surface area (Å²) in [7, 11) is 0. The monoisotopic (exact) mass is 318 g/mol. The average Bonchev–Trinajstić information content (AvgIpc) is 3.16. The zero-order chi connectivity index (χ0) is 16.8. The first kappa shape index (κ1) is 15.5. The van der Waals surface area contributed by atoms with Crippen LogP contribution in [-0.4, -0.2) is 11.8 Å². The number of hydrogen-bond acceptors (Lipinski definition) is 4. The standard InChI is InChI=1S/C20H14O4/c21-17(15-7-2-1-3-8-15)13-12-16-9-4-5-10-18(16)24-20(22)19-11-6-14-23-19/h1-14H. The minimum absolute atomic E-state index is 0.120. The molecule has 0 fully saturated rings. The van der Waals surface area contributed by atoms with E-state index in [9.17, 15) is 9.59 Å². The molecule has 24 heavy (non-hydrogen) atoms. The van der Waals surface area contributed by atoms with Crippen molar-refractivity contribution in [1.82, 2.24) is 0 Å². The van der Waals surface area contributed by atoms with Gasteiger partial charge in [0.05, 0.1) is 6.26 Å². The van der Waals surface area contributed by atoms with Gasteiger partial charge in [-0.15, -0.1) is 0 Å². The van der Waals surface area contributed by atoms with Gasteiger partial charge < -0.3 is 9.15 Å². The maximum atomic E-state index is 12.1.